The molecule has 1 N–H and O–H groups in total. The molecule has 2 aromatic carbocycles. The second-order valence-corrected chi connectivity index (χ2v) is 9.64. The van der Waals surface area contributed by atoms with Gasteiger partial charge >= 0.3 is 0 Å². The summed E-state index contributed by atoms with van der Waals surface area (Å²) in [4.78, 5) is 15.2. The standard InChI is InChI=1S/C24H21N3O5S/c1-4-33(29,30)16-6-8-20(32-21-7-5-15(13-25)11-22(21)31-3)18(12-16)19-14-27(2)23-17(19)9-10-26-24(23)28/h5-12,14H,4H2,1-3H3,(H,26,28). The van der Waals surface area contributed by atoms with Crippen LogP contribution in [0.2, 0.25) is 0 Å². The zero-order valence-corrected chi connectivity index (χ0v) is 19.1. The van der Waals surface area contributed by atoms with E-state index in [0.717, 1.165) is 0 Å². The van der Waals surface area contributed by atoms with E-state index in [1.165, 1.54) is 13.2 Å². The quantitative estimate of drug-likeness (QED) is 0.462. The van der Waals surface area contributed by atoms with Crippen molar-refractivity contribution in [2.45, 2.75) is 11.8 Å². The number of benzene rings is 2. The Bertz CT molecular complexity index is 1580. The maximum Gasteiger partial charge on any atom is 0.272 e. The smallest absolute Gasteiger partial charge is 0.272 e. The number of methoxy groups -OCH3 is 1. The number of H-pyrrole nitrogens is 1. The Morgan fingerprint density at radius 1 is 1.06 bits per heavy atom. The number of pyridine rings is 1. The van der Waals surface area contributed by atoms with E-state index < -0.39 is 9.84 Å². The van der Waals surface area contributed by atoms with Crippen molar-refractivity contribution in [1.82, 2.24) is 9.55 Å². The monoisotopic (exact) mass is 463 g/mol. The molecule has 0 bridgehead atoms. The van der Waals surface area contributed by atoms with Crippen molar-refractivity contribution in [2.75, 3.05) is 12.9 Å². The number of aromatic nitrogens is 2. The zero-order chi connectivity index (χ0) is 23.8. The minimum absolute atomic E-state index is 0.0503. The van der Waals surface area contributed by atoms with E-state index in [1.807, 2.05) is 0 Å². The normalized spacial score (nSPS) is 11.3. The predicted molar refractivity (Wildman–Crippen MR) is 124 cm³/mol. The molecule has 0 unspecified atom stereocenters. The Morgan fingerprint density at radius 2 is 1.82 bits per heavy atom. The molecule has 0 aliphatic carbocycles. The summed E-state index contributed by atoms with van der Waals surface area (Å²) >= 11 is 0. The molecule has 33 heavy (non-hydrogen) atoms. The summed E-state index contributed by atoms with van der Waals surface area (Å²) in [6, 6.07) is 13.2. The van der Waals surface area contributed by atoms with Crippen molar-refractivity contribution >= 4 is 20.7 Å². The molecular formula is C24H21N3O5S. The number of aryl methyl sites for hydroxylation is 1. The van der Waals surface area contributed by atoms with Gasteiger partial charge in [0.2, 0.25) is 0 Å². The van der Waals surface area contributed by atoms with Gasteiger partial charge in [-0.3, -0.25) is 4.79 Å². The highest BCUT2D eigenvalue weighted by molar-refractivity contribution is 7.91. The molecule has 0 aliphatic heterocycles. The van der Waals surface area contributed by atoms with Gasteiger partial charge in [-0.25, -0.2) is 8.42 Å². The number of hydrogen-bond acceptors (Lipinski definition) is 6. The molecule has 0 fully saturated rings. The van der Waals surface area contributed by atoms with Crippen molar-refractivity contribution < 1.29 is 17.9 Å². The number of ether oxygens (including phenoxy) is 2. The third-order valence-electron chi connectivity index (χ3n) is 5.39. The summed E-state index contributed by atoms with van der Waals surface area (Å²) in [5, 5.41) is 9.81. The molecule has 0 aliphatic rings. The van der Waals surface area contributed by atoms with Crippen LogP contribution in [0.5, 0.6) is 17.2 Å². The molecule has 0 saturated heterocycles. The number of rotatable bonds is 6. The van der Waals surface area contributed by atoms with E-state index in [-0.39, 0.29) is 16.2 Å². The summed E-state index contributed by atoms with van der Waals surface area (Å²) in [5.41, 5.74) is 1.77. The number of sulfone groups is 1. The SMILES string of the molecule is CCS(=O)(=O)c1ccc(Oc2ccc(C#N)cc2OC)c(-c2cn(C)c3c(=O)[nH]ccc23)c1. The average molecular weight is 464 g/mol. The topological polar surface area (TPSA) is 114 Å². The van der Waals surface area contributed by atoms with Crippen LogP contribution in [-0.2, 0) is 16.9 Å². The molecule has 168 valence electrons. The Hall–Kier alpha value is -4.03. The van der Waals surface area contributed by atoms with Gasteiger partial charge in [-0.05, 0) is 36.4 Å². The predicted octanol–water partition coefficient (Wildman–Crippen LogP) is 4.00. The minimum atomic E-state index is -3.49. The van der Waals surface area contributed by atoms with Gasteiger partial charge < -0.3 is 19.0 Å². The van der Waals surface area contributed by atoms with Crippen LogP contribution in [0, 0.1) is 11.3 Å². The van der Waals surface area contributed by atoms with Crippen LogP contribution in [0.25, 0.3) is 22.0 Å². The Kier molecular flexibility index (Phi) is 5.70. The lowest BCUT2D eigenvalue weighted by molar-refractivity contribution is 0.379. The highest BCUT2D eigenvalue weighted by Gasteiger charge is 2.20. The lowest BCUT2D eigenvalue weighted by Gasteiger charge is -2.15. The third-order valence-corrected chi connectivity index (χ3v) is 7.13. The molecule has 4 rings (SSSR count). The lowest BCUT2D eigenvalue weighted by Crippen LogP contribution is -2.07. The molecule has 0 radical (unpaired) electrons. The molecular weight excluding hydrogens is 442 g/mol. The lowest BCUT2D eigenvalue weighted by atomic mass is 10.0. The first kappa shape index (κ1) is 22.2. The van der Waals surface area contributed by atoms with Crippen LogP contribution < -0.4 is 15.0 Å². The first-order valence-corrected chi connectivity index (χ1v) is 11.7. The molecule has 0 saturated carbocycles. The summed E-state index contributed by atoms with van der Waals surface area (Å²) in [6.45, 7) is 1.58. The van der Waals surface area contributed by atoms with Crippen LogP contribution in [-0.4, -0.2) is 30.8 Å². The fraction of sp³-hybridized carbons (Fsp3) is 0.167. The van der Waals surface area contributed by atoms with Gasteiger partial charge in [0.1, 0.15) is 11.3 Å². The first-order valence-electron chi connectivity index (χ1n) is 10.1. The molecule has 0 amide bonds. The van der Waals surface area contributed by atoms with Gasteiger partial charge in [0.15, 0.2) is 21.3 Å². The van der Waals surface area contributed by atoms with E-state index in [4.69, 9.17) is 14.7 Å². The minimum Gasteiger partial charge on any atom is -0.493 e. The van der Waals surface area contributed by atoms with Crippen molar-refractivity contribution in [2.24, 2.45) is 7.05 Å². The molecule has 9 heteroatoms. The molecule has 0 spiro atoms. The van der Waals surface area contributed by atoms with Gasteiger partial charge in [-0.1, -0.05) is 6.92 Å². The maximum atomic E-state index is 12.6. The van der Waals surface area contributed by atoms with Crippen molar-refractivity contribution in [3.05, 3.63) is 70.8 Å². The summed E-state index contributed by atoms with van der Waals surface area (Å²) in [6.07, 6.45) is 3.31. The Morgan fingerprint density at radius 3 is 2.52 bits per heavy atom. The number of aromatic amines is 1. The van der Waals surface area contributed by atoms with E-state index in [2.05, 4.69) is 11.1 Å². The number of hydrogen-bond donors (Lipinski definition) is 1. The summed E-state index contributed by atoms with van der Waals surface area (Å²) in [7, 11) is -0.267. The highest BCUT2D eigenvalue weighted by atomic mass is 32.2. The number of fused-ring (bicyclic) bond motifs is 1. The van der Waals surface area contributed by atoms with E-state index >= 15 is 0 Å². The van der Waals surface area contributed by atoms with E-state index in [1.54, 1.807) is 67.3 Å². The average Bonchev–Trinajstić information content (AvgIpc) is 3.16. The van der Waals surface area contributed by atoms with E-state index in [0.29, 0.717) is 44.8 Å². The van der Waals surface area contributed by atoms with Gasteiger partial charge in [0, 0.05) is 42.0 Å². The van der Waals surface area contributed by atoms with Crippen LogP contribution in [0.15, 0.2) is 64.5 Å². The molecule has 2 heterocycles. The summed E-state index contributed by atoms with van der Waals surface area (Å²) < 4.78 is 38.4. The van der Waals surface area contributed by atoms with Gasteiger partial charge in [-0.2, -0.15) is 5.26 Å². The number of nitriles is 1. The maximum absolute atomic E-state index is 12.6. The second kappa shape index (κ2) is 8.48. The number of nitrogens with zero attached hydrogens (tertiary/aromatic N) is 2. The molecule has 0 atom stereocenters. The second-order valence-electron chi connectivity index (χ2n) is 7.36. The molecule has 4 aromatic rings. The van der Waals surface area contributed by atoms with Gasteiger partial charge in [-0.15, -0.1) is 0 Å². The third kappa shape index (κ3) is 3.97. The zero-order valence-electron chi connectivity index (χ0n) is 18.2. The van der Waals surface area contributed by atoms with Crippen molar-refractivity contribution in [3.8, 4) is 34.4 Å². The Labute approximate surface area is 190 Å². The largest absolute Gasteiger partial charge is 0.493 e. The first-order chi connectivity index (χ1) is 15.8. The molecule has 8 nitrogen and oxygen atoms in total. The van der Waals surface area contributed by atoms with Crippen LogP contribution >= 0.6 is 0 Å². The highest BCUT2D eigenvalue weighted by Crippen LogP contribution is 2.41. The summed E-state index contributed by atoms with van der Waals surface area (Å²) in [5.74, 6) is 1.05. The van der Waals surface area contributed by atoms with Crippen molar-refractivity contribution in [1.29, 1.82) is 5.26 Å². The fourth-order valence-corrected chi connectivity index (χ4v) is 4.59. The molecule has 2 aromatic heterocycles. The fourth-order valence-electron chi connectivity index (χ4n) is 3.69. The van der Waals surface area contributed by atoms with Crippen molar-refractivity contribution in [3.63, 3.8) is 0 Å². The van der Waals surface area contributed by atoms with Gasteiger partial charge in [0.05, 0.1) is 29.4 Å². The van der Waals surface area contributed by atoms with Crippen LogP contribution in [0.1, 0.15) is 12.5 Å². The van der Waals surface area contributed by atoms with Crippen LogP contribution in [0.3, 0.4) is 0 Å². The number of nitrogens with one attached hydrogen (secondary N) is 1. The van der Waals surface area contributed by atoms with Crippen LogP contribution in [0.4, 0.5) is 0 Å². The van der Waals surface area contributed by atoms with E-state index in [9.17, 15) is 13.2 Å². The van der Waals surface area contributed by atoms with Gasteiger partial charge in [0.25, 0.3) is 5.56 Å². The Balaban J connectivity index is 1.96.